The molecule has 0 saturated carbocycles. The first kappa shape index (κ1) is 12.9. The highest BCUT2D eigenvalue weighted by Crippen LogP contribution is 2.22. The molecule has 0 radical (unpaired) electrons. The van der Waals surface area contributed by atoms with Crippen LogP contribution >= 0.6 is 0 Å². The van der Waals surface area contributed by atoms with Gasteiger partial charge in [-0.25, -0.2) is 0 Å². The highest BCUT2D eigenvalue weighted by atomic mass is 16.3. The van der Waals surface area contributed by atoms with Crippen molar-refractivity contribution >= 4 is 0 Å². The van der Waals surface area contributed by atoms with Gasteiger partial charge in [-0.05, 0) is 43.0 Å². The summed E-state index contributed by atoms with van der Waals surface area (Å²) in [5.74, 6) is 1.73. The van der Waals surface area contributed by atoms with Gasteiger partial charge in [-0.1, -0.05) is 37.6 Å². The Morgan fingerprint density at radius 2 is 1.83 bits per heavy atom. The minimum absolute atomic E-state index is 0.168. The molecule has 96 valence electrons. The lowest BCUT2D eigenvalue weighted by molar-refractivity contribution is 0.466. The van der Waals surface area contributed by atoms with E-state index in [9.17, 15) is 0 Å². The molecule has 1 aromatic carbocycles. The summed E-state index contributed by atoms with van der Waals surface area (Å²) in [4.78, 5) is 0. The largest absolute Gasteiger partial charge is 0.464 e. The number of aryl methyl sites for hydroxylation is 2. The van der Waals surface area contributed by atoms with Gasteiger partial charge in [0, 0.05) is 0 Å². The molecule has 0 aliphatic heterocycles. The maximum Gasteiger partial charge on any atom is 0.125 e. The maximum absolute atomic E-state index is 6.19. The van der Waals surface area contributed by atoms with Crippen molar-refractivity contribution in [2.45, 2.75) is 39.2 Å². The van der Waals surface area contributed by atoms with Crippen molar-refractivity contribution in [3.63, 3.8) is 0 Å². The fraction of sp³-hybridized carbons (Fsp3) is 0.375. The number of nitrogens with two attached hydrogens (primary N) is 1. The molecule has 1 unspecified atom stereocenters. The lowest BCUT2D eigenvalue weighted by Crippen LogP contribution is -2.10. The van der Waals surface area contributed by atoms with E-state index >= 15 is 0 Å². The van der Waals surface area contributed by atoms with Gasteiger partial charge in [0.2, 0.25) is 0 Å². The van der Waals surface area contributed by atoms with Crippen LogP contribution in [0.4, 0.5) is 0 Å². The molecular weight excluding hydrogens is 222 g/mol. The topological polar surface area (TPSA) is 39.2 Å². The summed E-state index contributed by atoms with van der Waals surface area (Å²) in [5, 5.41) is 0. The molecule has 2 nitrogen and oxygen atoms in total. The molecule has 2 heteroatoms. The van der Waals surface area contributed by atoms with Crippen molar-refractivity contribution in [1.29, 1.82) is 0 Å². The number of hydrogen-bond acceptors (Lipinski definition) is 2. The Balaban J connectivity index is 2.09. The summed E-state index contributed by atoms with van der Waals surface area (Å²) < 4.78 is 5.57. The Bertz CT molecular complexity index is 484. The van der Waals surface area contributed by atoms with Crippen LogP contribution in [0.2, 0.25) is 0 Å². The third kappa shape index (κ3) is 3.02. The number of rotatable bonds is 5. The number of benzene rings is 1. The second-order valence-corrected chi connectivity index (χ2v) is 4.77. The van der Waals surface area contributed by atoms with Crippen molar-refractivity contribution in [3.05, 3.63) is 59.0 Å². The minimum Gasteiger partial charge on any atom is -0.464 e. The van der Waals surface area contributed by atoms with Crippen LogP contribution in [0.1, 0.15) is 48.5 Å². The molecule has 1 atom stereocenters. The Morgan fingerprint density at radius 1 is 1.11 bits per heavy atom. The molecule has 0 amide bonds. The van der Waals surface area contributed by atoms with E-state index in [-0.39, 0.29) is 6.04 Å². The van der Waals surface area contributed by atoms with Crippen LogP contribution in [0.15, 0.2) is 40.8 Å². The van der Waals surface area contributed by atoms with E-state index in [1.54, 1.807) is 0 Å². The van der Waals surface area contributed by atoms with Gasteiger partial charge < -0.3 is 10.2 Å². The molecule has 0 spiro atoms. The van der Waals surface area contributed by atoms with Crippen molar-refractivity contribution in [2.24, 2.45) is 5.73 Å². The van der Waals surface area contributed by atoms with Gasteiger partial charge in [-0.2, -0.15) is 0 Å². The van der Waals surface area contributed by atoms with Gasteiger partial charge in [0.1, 0.15) is 11.5 Å². The molecule has 0 bridgehead atoms. The number of unbranched alkanes of at least 4 members (excludes halogenated alkanes) is 1. The SMILES string of the molecule is CCCCc1ccc(C(N)c2ccc(C)o2)cc1. The van der Waals surface area contributed by atoms with Crippen LogP contribution in [0.5, 0.6) is 0 Å². The van der Waals surface area contributed by atoms with E-state index in [0.29, 0.717) is 0 Å². The zero-order chi connectivity index (χ0) is 13.0. The van der Waals surface area contributed by atoms with Gasteiger partial charge in [-0.3, -0.25) is 0 Å². The van der Waals surface area contributed by atoms with Crippen LogP contribution in [0.25, 0.3) is 0 Å². The summed E-state index contributed by atoms with van der Waals surface area (Å²) in [6.45, 7) is 4.15. The Hall–Kier alpha value is -1.54. The average Bonchev–Trinajstić information content (AvgIpc) is 2.83. The van der Waals surface area contributed by atoms with Crippen molar-refractivity contribution < 1.29 is 4.42 Å². The second kappa shape index (κ2) is 5.87. The second-order valence-electron chi connectivity index (χ2n) is 4.77. The van der Waals surface area contributed by atoms with Crippen LogP contribution in [-0.4, -0.2) is 0 Å². The van der Waals surface area contributed by atoms with Crippen LogP contribution < -0.4 is 5.73 Å². The predicted octanol–water partition coefficient (Wildman–Crippen LogP) is 3.98. The van der Waals surface area contributed by atoms with Crippen molar-refractivity contribution in [3.8, 4) is 0 Å². The van der Waals surface area contributed by atoms with Crippen LogP contribution in [-0.2, 0) is 6.42 Å². The molecule has 1 aromatic heterocycles. The number of furan rings is 1. The van der Waals surface area contributed by atoms with E-state index in [0.717, 1.165) is 23.5 Å². The average molecular weight is 243 g/mol. The number of hydrogen-bond donors (Lipinski definition) is 1. The molecule has 0 fully saturated rings. The third-order valence-corrected chi connectivity index (χ3v) is 3.23. The summed E-state index contributed by atoms with van der Waals surface area (Å²) in [6.07, 6.45) is 3.61. The molecule has 0 aliphatic carbocycles. The van der Waals surface area contributed by atoms with Crippen LogP contribution in [0, 0.1) is 6.92 Å². The van der Waals surface area contributed by atoms with Gasteiger partial charge in [-0.15, -0.1) is 0 Å². The molecule has 0 aliphatic rings. The first-order valence-electron chi connectivity index (χ1n) is 6.61. The van der Waals surface area contributed by atoms with Crippen molar-refractivity contribution in [1.82, 2.24) is 0 Å². The summed E-state index contributed by atoms with van der Waals surface area (Å²) >= 11 is 0. The standard InChI is InChI=1S/C16H21NO/c1-3-4-5-13-7-9-14(10-8-13)16(17)15-11-6-12(2)18-15/h6-11,16H,3-5,17H2,1-2H3. The smallest absolute Gasteiger partial charge is 0.125 e. The van der Waals surface area contributed by atoms with E-state index in [1.165, 1.54) is 18.4 Å². The first-order chi connectivity index (χ1) is 8.70. The summed E-state index contributed by atoms with van der Waals surface area (Å²) in [7, 11) is 0. The third-order valence-electron chi connectivity index (χ3n) is 3.23. The predicted molar refractivity (Wildman–Crippen MR) is 74.5 cm³/mol. The molecule has 2 N–H and O–H groups in total. The van der Waals surface area contributed by atoms with Gasteiger partial charge in [0.15, 0.2) is 0 Å². The van der Waals surface area contributed by atoms with Gasteiger partial charge >= 0.3 is 0 Å². The molecule has 2 aromatic rings. The minimum atomic E-state index is -0.168. The van der Waals surface area contributed by atoms with E-state index in [4.69, 9.17) is 10.2 Å². The van der Waals surface area contributed by atoms with E-state index in [1.807, 2.05) is 19.1 Å². The summed E-state index contributed by atoms with van der Waals surface area (Å²) in [5.41, 5.74) is 8.67. The van der Waals surface area contributed by atoms with E-state index < -0.39 is 0 Å². The van der Waals surface area contributed by atoms with Crippen LogP contribution in [0.3, 0.4) is 0 Å². The summed E-state index contributed by atoms with van der Waals surface area (Å²) in [6, 6.07) is 12.3. The fourth-order valence-corrected chi connectivity index (χ4v) is 2.06. The molecule has 18 heavy (non-hydrogen) atoms. The zero-order valence-corrected chi connectivity index (χ0v) is 11.1. The Kier molecular flexibility index (Phi) is 4.21. The lowest BCUT2D eigenvalue weighted by Gasteiger charge is -2.10. The highest BCUT2D eigenvalue weighted by Gasteiger charge is 2.12. The van der Waals surface area contributed by atoms with E-state index in [2.05, 4.69) is 31.2 Å². The first-order valence-corrected chi connectivity index (χ1v) is 6.61. The molecular formula is C16H21NO. The highest BCUT2D eigenvalue weighted by molar-refractivity contribution is 5.29. The monoisotopic (exact) mass is 243 g/mol. The van der Waals surface area contributed by atoms with Gasteiger partial charge in [0.05, 0.1) is 6.04 Å². The fourth-order valence-electron chi connectivity index (χ4n) is 2.06. The van der Waals surface area contributed by atoms with Gasteiger partial charge in [0.25, 0.3) is 0 Å². The zero-order valence-electron chi connectivity index (χ0n) is 11.1. The molecule has 0 saturated heterocycles. The van der Waals surface area contributed by atoms with Crippen molar-refractivity contribution in [2.75, 3.05) is 0 Å². The quantitative estimate of drug-likeness (QED) is 0.862. The lowest BCUT2D eigenvalue weighted by atomic mass is 10.0. The molecule has 2 rings (SSSR count). The Labute approximate surface area is 109 Å². The maximum atomic E-state index is 6.19. The molecule has 1 heterocycles. The Morgan fingerprint density at radius 3 is 2.39 bits per heavy atom. The normalized spacial score (nSPS) is 12.6.